The largest absolute Gasteiger partial charge is 0.427 e. The predicted molar refractivity (Wildman–Crippen MR) is 70.2 cm³/mol. The highest BCUT2D eigenvalue weighted by molar-refractivity contribution is 5.18. The Morgan fingerprint density at radius 2 is 1.23 bits per heavy atom. The lowest BCUT2D eigenvalue weighted by atomic mass is 9.74. The van der Waals surface area contributed by atoms with Crippen molar-refractivity contribution >= 4 is 0 Å². The molecule has 1 atom stereocenters. The minimum Gasteiger partial charge on any atom is -0.350 e. The maximum atomic E-state index is 13.4. The van der Waals surface area contributed by atoms with Crippen LogP contribution in [0, 0.1) is 5.41 Å². The summed E-state index contributed by atoms with van der Waals surface area (Å²) in [5.41, 5.74) is -6.25. The second kappa shape index (κ2) is 5.76. The molecule has 0 radical (unpaired) electrons. The third-order valence-electron chi connectivity index (χ3n) is 3.48. The third kappa shape index (κ3) is 3.24. The van der Waals surface area contributed by atoms with Gasteiger partial charge in [-0.1, -0.05) is 51.1 Å². The van der Waals surface area contributed by atoms with Crippen molar-refractivity contribution in [2.45, 2.75) is 51.8 Å². The molecule has 7 heteroatoms. The lowest BCUT2D eigenvalue weighted by Crippen LogP contribution is -2.66. The third-order valence-corrected chi connectivity index (χ3v) is 3.48. The Morgan fingerprint density at radius 3 is 1.55 bits per heavy atom. The van der Waals surface area contributed by atoms with Crippen LogP contribution in [-0.4, -0.2) is 18.0 Å². The van der Waals surface area contributed by atoms with Crippen molar-refractivity contribution in [3.63, 3.8) is 0 Å². The Kier molecular flexibility index (Phi) is 4.92. The summed E-state index contributed by atoms with van der Waals surface area (Å²) in [4.78, 5) is 0. The van der Waals surface area contributed by atoms with Crippen molar-refractivity contribution in [2.75, 3.05) is 0 Å². The normalized spacial score (nSPS) is 15.7. The van der Waals surface area contributed by atoms with Gasteiger partial charge in [0.2, 0.25) is 0 Å². The van der Waals surface area contributed by atoms with Crippen LogP contribution in [0.2, 0.25) is 0 Å². The second-order valence-electron chi connectivity index (χ2n) is 6.10. The second-order valence-corrected chi connectivity index (χ2v) is 6.10. The molecule has 0 bridgehead atoms. The van der Waals surface area contributed by atoms with E-state index in [0.717, 1.165) is 20.8 Å². The molecule has 0 fully saturated rings. The smallest absolute Gasteiger partial charge is 0.350 e. The zero-order valence-corrected chi connectivity index (χ0v) is 12.6. The predicted octanol–water partition coefficient (Wildman–Crippen LogP) is 5.67. The zero-order chi connectivity index (χ0) is 17.4. The number of halogens is 6. The first-order chi connectivity index (χ1) is 9.74. The molecule has 1 aromatic carbocycles. The molecule has 1 unspecified atom stereocenters. The van der Waals surface area contributed by atoms with Gasteiger partial charge in [0.15, 0.2) is 0 Å². The summed E-state index contributed by atoms with van der Waals surface area (Å²) in [5, 5.41) is 0. The number of hydrogen-bond donors (Lipinski definition) is 0. The molecular weight excluding hydrogens is 310 g/mol. The van der Waals surface area contributed by atoms with Crippen LogP contribution in [0.5, 0.6) is 0 Å². The molecule has 22 heavy (non-hydrogen) atoms. The van der Waals surface area contributed by atoms with Gasteiger partial charge in [-0.2, -0.15) is 26.3 Å². The molecule has 0 aliphatic carbocycles. The molecule has 0 saturated heterocycles. The first-order valence-electron chi connectivity index (χ1n) is 6.60. The Labute approximate surface area is 125 Å². The van der Waals surface area contributed by atoms with Gasteiger partial charge in [0, 0.05) is 5.41 Å². The van der Waals surface area contributed by atoms with E-state index in [4.69, 9.17) is 0 Å². The van der Waals surface area contributed by atoms with Crippen LogP contribution in [0.15, 0.2) is 30.3 Å². The fourth-order valence-corrected chi connectivity index (χ4v) is 2.38. The quantitative estimate of drug-likeness (QED) is 0.649. The van der Waals surface area contributed by atoms with Gasteiger partial charge < -0.3 is 4.74 Å². The van der Waals surface area contributed by atoms with Gasteiger partial charge in [-0.25, -0.2) is 0 Å². The topological polar surface area (TPSA) is 9.23 Å². The first kappa shape index (κ1) is 18.8. The monoisotopic (exact) mass is 328 g/mol. The van der Waals surface area contributed by atoms with Gasteiger partial charge in [-0.15, -0.1) is 0 Å². The van der Waals surface area contributed by atoms with Gasteiger partial charge in [-0.05, 0) is 12.5 Å². The molecule has 1 rings (SSSR count). The van der Waals surface area contributed by atoms with E-state index in [9.17, 15) is 26.3 Å². The molecule has 1 aromatic rings. The number of ether oxygens (including phenoxy) is 1. The molecule has 0 amide bonds. The molecule has 0 spiro atoms. The van der Waals surface area contributed by atoms with E-state index in [-0.39, 0.29) is 5.56 Å². The fourth-order valence-electron chi connectivity index (χ4n) is 2.38. The van der Waals surface area contributed by atoms with Gasteiger partial charge >= 0.3 is 12.4 Å². The zero-order valence-electron chi connectivity index (χ0n) is 12.6. The average Bonchev–Trinajstić information content (AvgIpc) is 2.32. The van der Waals surface area contributed by atoms with E-state index in [2.05, 4.69) is 4.74 Å². The Balaban J connectivity index is 3.39. The van der Waals surface area contributed by atoms with Crippen molar-refractivity contribution in [1.29, 1.82) is 0 Å². The highest BCUT2D eigenvalue weighted by Gasteiger charge is 2.77. The van der Waals surface area contributed by atoms with E-state index < -0.39 is 29.5 Å². The molecule has 1 nitrogen and oxygen atoms in total. The minimum absolute atomic E-state index is 0.240. The fraction of sp³-hybridized carbons (Fsp3) is 0.600. The maximum absolute atomic E-state index is 13.4. The van der Waals surface area contributed by atoms with E-state index in [0.29, 0.717) is 0 Å². The molecule has 0 aromatic heterocycles. The van der Waals surface area contributed by atoms with Gasteiger partial charge in [-0.3, -0.25) is 0 Å². The summed E-state index contributed by atoms with van der Waals surface area (Å²) in [6.07, 6.45) is -12.6. The van der Waals surface area contributed by atoms with Crippen LogP contribution in [0.3, 0.4) is 0 Å². The van der Waals surface area contributed by atoms with Crippen LogP contribution in [0.4, 0.5) is 26.3 Å². The van der Waals surface area contributed by atoms with Crippen molar-refractivity contribution in [3.8, 4) is 0 Å². The van der Waals surface area contributed by atoms with Gasteiger partial charge in [0.25, 0.3) is 5.60 Å². The van der Waals surface area contributed by atoms with Crippen molar-refractivity contribution in [1.82, 2.24) is 0 Å². The van der Waals surface area contributed by atoms with E-state index in [1.165, 1.54) is 31.2 Å². The maximum Gasteiger partial charge on any atom is 0.427 e. The van der Waals surface area contributed by atoms with Crippen molar-refractivity contribution < 1.29 is 31.1 Å². The number of rotatable bonds is 3. The van der Waals surface area contributed by atoms with Crippen LogP contribution in [-0.2, 0) is 4.74 Å². The van der Waals surface area contributed by atoms with E-state index in [1.54, 1.807) is 6.07 Å². The number of benzene rings is 1. The first-order valence-corrected chi connectivity index (χ1v) is 6.60. The van der Waals surface area contributed by atoms with E-state index >= 15 is 0 Å². The van der Waals surface area contributed by atoms with Gasteiger partial charge in [0.1, 0.15) is 0 Å². The molecule has 126 valence electrons. The molecule has 0 aliphatic heterocycles. The van der Waals surface area contributed by atoms with Crippen LogP contribution in [0.1, 0.15) is 39.4 Å². The van der Waals surface area contributed by atoms with E-state index in [1.807, 2.05) is 0 Å². The lowest BCUT2D eigenvalue weighted by Gasteiger charge is -2.47. The Hall–Kier alpha value is -1.24. The standard InChI is InChI=1S/C15H18F6O/c1-10(11-8-6-5-7-9-11)22-13(12(2,3)4,14(16,17)18)15(19,20)21/h5-10H,1-4H3. The number of hydrogen-bond acceptors (Lipinski definition) is 1. The summed E-state index contributed by atoms with van der Waals surface area (Å²) in [6.45, 7) is 3.77. The van der Waals surface area contributed by atoms with Crippen LogP contribution < -0.4 is 0 Å². The highest BCUT2D eigenvalue weighted by Crippen LogP contribution is 2.56. The Morgan fingerprint density at radius 1 is 0.818 bits per heavy atom. The number of alkyl halides is 6. The van der Waals surface area contributed by atoms with Crippen LogP contribution >= 0.6 is 0 Å². The van der Waals surface area contributed by atoms with Crippen LogP contribution in [0.25, 0.3) is 0 Å². The molecule has 0 heterocycles. The molecule has 0 N–H and O–H groups in total. The minimum atomic E-state index is -5.60. The summed E-state index contributed by atoms with van der Waals surface area (Å²) >= 11 is 0. The summed E-state index contributed by atoms with van der Waals surface area (Å²) in [5.74, 6) is 0. The summed E-state index contributed by atoms with van der Waals surface area (Å²) in [6, 6.07) is 7.50. The van der Waals surface area contributed by atoms with Gasteiger partial charge in [0.05, 0.1) is 6.10 Å². The summed E-state index contributed by atoms with van der Waals surface area (Å²) < 4.78 is 85.1. The molecule has 0 aliphatic rings. The SMILES string of the molecule is CC(OC(C(C)(C)C)(C(F)(F)F)C(F)(F)F)c1ccccc1. The average molecular weight is 328 g/mol. The van der Waals surface area contributed by atoms with Crippen molar-refractivity contribution in [2.24, 2.45) is 5.41 Å². The highest BCUT2D eigenvalue weighted by atomic mass is 19.4. The lowest BCUT2D eigenvalue weighted by molar-refractivity contribution is -0.418. The van der Waals surface area contributed by atoms with Crippen molar-refractivity contribution in [3.05, 3.63) is 35.9 Å². The molecular formula is C15H18F6O. The molecule has 0 saturated carbocycles. The Bertz CT molecular complexity index is 447. The summed E-state index contributed by atoms with van der Waals surface area (Å²) in [7, 11) is 0.